The molecule has 0 bridgehead atoms. The molecule has 0 fully saturated rings. The lowest BCUT2D eigenvalue weighted by molar-refractivity contribution is -0.115. The molecule has 4 aromatic rings. The smallest absolute Gasteiger partial charge is 0.248 e. The molecule has 0 aliphatic rings. The number of benzene rings is 2. The van der Waals surface area contributed by atoms with Gasteiger partial charge in [-0.05, 0) is 50.2 Å². The number of fused-ring (bicyclic) bond motifs is 1. The molecule has 0 spiro atoms. The fraction of sp³-hybridized carbons (Fsp3) is 0.227. The lowest BCUT2D eigenvalue weighted by atomic mass is 10.2. The number of anilines is 1. The Labute approximate surface area is 203 Å². The van der Waals surface area contributed by atoms with Gasteiger partial charge in [0.2, 0.25) is 11.8 Å². The van der Waals surface area contributed by atoms with Crippen molar-refractivity contribution < 1.29 is 9.59 Å². The van der Waals surface area contributed by atoms with Gasteiger partial charge < -0.3 is 15.6 Å². The van der Waals surface area contributed by atoms with Crippen LogP contribution in [0.15, 0.2) is 58.0 Å². The summed E-state index contributed by atoms with van der Waals surface area (Å²) >= 11 is 4.66. The van der Waals surface area contributed by atoms with Crippen LogP contribution in [0.2, 0.25) is 0 Å². The molecule has 0 saturated heterocycles. The summed E-state index contributed by atoms with van der Waals surface area (Å²) < 4.78 is 4.18. The number of thioether (sulfide) groups is 2. The van der Waals surface area contributed by atoms with Crippen molar-refractivity contribution in [2.24, 2.45) is 5.73 Å². The highest BCUT2D eigenvalue weighted by Gasteiger charge is 2.20. The van der Waals surface area contributed by atoms with Crippen molar-refractivity contribution in [1.82, 2.24) is 19.7 Å². The zero-order chi connectivity index (χ0) is 23.4. The molecule has 4 rings (SSSR count). The van der Waals surface area contributed by atoms with E-state index < -0.39 is 5.91 Å². The van der Waals surface area contributed by atoms with Crippen LogP contribution < -0.4 is 11.1 Å². The molecular formula is C22H22N6O2S3. The molecule has 2 heterocycles. The van der Waals surface area contributed by atoms with E-state index in [1.165, 1.54) is 11.8 Å². The summed E-state index contributed by atoms with van der Waals surface area (Å²) in [7, 11) is 0. The molecule has 3 N–H and O–H groups in total. The number of nitrogens with one attached hydrogen (secondary N) is 1. The summed E-state index contributed by atoms with van der Waals surface area (Å²) in [5, 5.41) is 11.8. The molecule has 2 aromatic carbocycles. The monoisotopic (exact) mass is 498 g/mol. The van der Waals surface area contributed by atoms with Crippen LogP contribution in [0.5, 0.6) is 0 Å². The molecule has 2 amide bonds. The Balaban J connectivity index is 1.38. The summed E-state index contributed by atoms with van der Waals surface area (Å²) in [6.07, 6.45) is 0. The number of hydrogen-bond acceptors (Lipinski definition) is 8. The van der Waals surface area contributed by atoms with Crippen LogP contribution in [0, 0.1) is 0 Å². The van der Waals surface area contributed by atoms with Gasteiger partial charge in [0.1, 0.15) is 5.82 Å². The first-order chi connectivity index (χ1) is 15.9. The third kappa shape index (κ3) is 5.55. The zero-order valence-corrected chi connectivity index (χ0v) is 20.5. The van der Waals surface area contributed by atoms with E-state index in [-0.39, 0.29) is 11.2 Å². The lowest BCUT2D eigenvalue weighted by Crippen LogP contribution is -2.23. The number of carbonyl (C=O) groups excluding carboxylic acids is 2. The number of primary amides is 1. The van der Waals surface area contributed by atoms with Crippen LogP contribution in [0.4, 0.5) is 5.69 Å². The normalized spacial score (nSPS) is 12.1. The minimum atomic E-state index is -0.507. The van der Waals surface area contributed by atoms with Crippen LogP contribution in [0.1, 0.15) is 30.0 Å². The Morgan fingerprint density at radius 2 is 1.91 bits per heavy atom. The largest absolute Gasteiger partial charge is 0.366 e. The van der Waals surface area contributed by atoms with Crippen LogP contribution in [-0.2, 0) is 17.1 Å². The van der Waals surface area contributed by atoms with Gasteiger partial charge in [-0.1, -0.05) is 35.7 Å². The quantitative estimate of drug-likeness (QED) is 0.328. The summed E-state index contributed by atoms with van der Waals surface area (Å²) in [5.74, 6) is 0.822. The number of carbonyl (C=O) groups is 2. The molecule has 11 heteroatoms. The molecule has 0 saturated carbocycles. The van der Waals surface area contributed by atoms with Crippen molar-refractivity contribution in [2.75, 3.05) is 5.32 Å². The number of aromatic nitrogens is 4. The standard InChI is InChI=1S/C22H22N6O2S3/c1-3-28-18(12-31-22-25-16-6-4-5-7-17(16)33-22)26-27-21(28)32-13(2)20(30)24-15-10-8-14(9-11-15)19(23)29/h4-11,13H,3,12H2,1-2H3,(H2,23,29)(H,24,30). The van der Waals surface area contributed by atoms with Gasteiger partial charge in [-0.3, -0.25) is 9.59 Å². The highest BCUT2D eigenvalue weighted by Crippen LogP contribution is 2.32. The average molecular weight is 499 g/mol. The molecule has 1 atom stereocenters. The van der Waals surface area contributed by atoms with Crippen LogP contribution in [0.3, 0.4) is 0 Å². The predicted molar refractivity (Wildman–Crippen MR) is 134 cm³/mol. The third-order valence-electron chi connectivity index (χ3n) is 4.80. The van der Waals surface area contributed by atoms with Gasteiger partial charge in [-0.15, -0.1) is 21.5 Å². The maximum atomic E-state index is 12.6. The van der Waals surface area contributed by atoms with Crippen molar-refractivity contribution in [3.8, 4) is 0 Å². The molecule has 0 aliphatic carbocycles. The molecule has 33 heavy (non-hydrogen) atoms. The van der Waals surface area contributed by atoms with E-state index in [9.17, 15) is 9.59 Å². The maximum absolute atomic E-state index is 12.6. The SMILES string of the molecule is CCn1c(CSc2nc3ccccc3s2)nnc1SC(C)C(=O)Nc1ccc(C(N)=O)cc1. The Morgan fingerprint density at radius 3 is 2.61 bits per heavy atom. The van der Waals surface area contributed by atoms with Crippen molar-refractivity contribution in [2.45, 2.75) is 40.9 Å². The lowest BCUT2D eigenvalue weighted by Gasteiger charge is -2.13. The van der Waals surface area contributed by atoms with Crippen LogP contribution in [0.25, 0.3) is 10.2 Å². The fourth-order valence-electron chi connectivity index (χ4n) is 3.04. The second-order valence-corrected chi connectivity index (χ2v) is 10.6. The number of nitrogens with two attached hydrogens (primary N) is 1. The van der Waals surface area contributed by atoms with Gasteiger partial charge in [-0.2, -0.15) is 0 Å². The van der Waals surface area contributed by atoms with Crippen molar-refractivity contribution in [3.05, 3.63) is 59.9 Å². The first kappa shape index (κ1) is 23.3. The van der Waals surface area contributed by atoms with Crippen LogP contribution in [-0.4, -0.2) is 36.8 Å². The number of thiazole rings is 1. The number of amides is 2. The van der Waals surface area contributed by atoms with Crippen molar-refractivity contribution in [3.63, 3.8) is 0 Å². The highest BCUT2D eigenvalue weighted by molar-refractivity contribution is 8.00. The van der Waals surface area contributed by atoms with Crippen molar-refractivity contribution in [1.29, 1.82) is 0 Å². The van der Waals surface area contributed by atoms with Gasteiger partial charge in [-0.25, -0.2) is 4.98 Å². The van der Waals surface area contributed by atoms with Gasteiger partial charge in [0, 0.05) is 17.8 Å². The minimum absolute atomic E-state index is 0.164. The second-order valence-electron chi connectivity index (χ2n) is 7.07. The van der Waals surface area contributed by atoms with Crippen LogP contribution >= 0.6 is 34.9 Å². The maximum Gasteiger partial charge on any atom is 0.248 e. The highest BCUT2D eigenvalue weighted by atomic mass is 32.2. The van der Waals surface area contributed by atoms with E-state index in [1.54, 1.807) is 47.4 Å². The molecular weight excluding hydrogens is 476 g/mol. The summed E-state index contributed by atoms with van der Waals surface area (Å²) in [6.45, 7) is 4.56. The minimum Gasteiger partial charge on any atom is -0.366 e. The van der Waals surface area contributed by atoms with E-state index in [0.29, 0.717) is 28.7 Å². The Hall–Kier alpha value is -2.89. The number of hydrogen-bond donors (Lipinski definition) is 2. The second kappa shape index (κ2) is 10.4. The Bertz CT molecular complexity index is 1250. The third-order valence-corrected chi connectivity index (χ3v) is 8.05. The first-order valence-corrected chi connectivity index (χ1v) is 12.9. The predicted octanol–water partition coefficient (Wildman–Crippen LogP) is 4.42. The first-order valence-electron chi connectivity index (χ1n) is 10.2. The number of nitrogens with zero attached hydrogens (tertiary/aromatic N) is 4. The summed E-state index contributed by atoms with van der Waals surface area (Å²) in [5.41, 5.74) is 7.24. The topological polar surface area (TPSA) is 116 Å². The zero-order valence-electron chi connectivity index (χ0n) is 18.0. The number of para-hydroxylation sites is 1. The van der Waals surface area contributed by atoms with E-state index in [4.69, 9.17) is 5.73 Å². The van der Waals surface area contributed by atoms with E-state index >= 15 is 0 Å². The van der Waals surface area contributed by atoms with E-state index in [1.807, 2.05) is 36.6 Å². The number of rotatable bonds is 9. The summed E-state index contributed by atoms with van der Waals surface area (Å²) in [6, 6.07) is 14.6. The van der Waals surface area contributed by atoms with Crippen molar-refractivity contribution >= 4 is 62.6 Å². The molecule has 0 aliphatic heterocycles. The average Bonchev–Trinajstić information content (AvgIpc) is 3.40. The molecule has 170 valence electrons. The summed E-state index contributed by atoms with van der Waals surface area (Å²) in [4.78, 5) is 28.5. The van der Waals surface area contributed by atoms with Gasteiger partial charge in [0.05, 0.1) is 21.2 Å². The van der Waals surface area contributed by atoms with E-state index in [2.05, 4.69) is 26.6 Å². The van der Waals surface area contributed by atoms with Gasteiger partial charge >= 0.3 is 0 Å². The Kier molecular flexibility index (Phi) is 7.31. The molecule has 8 nitrogen and oxygen atoms in total. The van der Waals surface area contributed by atoms with Gasteiger partial charge in [0.25, 0.3) is 0 Å². The van der Waals surface area contributed by atoms with Gasteiger partial charge in [0.15, 0.2) is 9.50 Å². The molecule has 0 radical (unpaired) electrons. The fourth-order valence-corrected chi connectivity index (χ4v) is 5.98. The molecule has 2 aromatic heterocycles. The van der Waals surface area contributed by atoms with E-state index in [0.717, 1.165) is 20.4 Å². The molecule has 1 unspecified atom stereocenters. The Morgan fingerprint density at radius 1 is 1.15 bits per heavy atom.